The highest BCUT2D eigenvalue weighted by Crippen LogP contribution is 2.52. The second kappa shape index (κ2) is 6.26. The summed E-state index contributed by atoms with van der Waals surface area (Å²) in [5.74, 6) is 1.01. The van der Waals surface area contributed by atoms with Crippen LogP contribution in [0.4, 0.5) is 0 Å². The van der Waals surface area contributed by atoms with Gasteiger partial charge in [-0.25, -0.2) is 4.57 Å². The molecule has 1 N–H and O–H groups in total. The minimum absolute atomic E-state index is 0.286. The summed E-state index contributed by atoms with van der Waals surface area (Å²) in [5.41, 5.74) is 1.68. The second-order valence-corrected chi connectivity index (χ2v) is 6.30. The van der Waals surface area contributed by atoms with Gasteiger partial charge in [0, 0.05) is 11.1 Å². The lowest BCUT2D eigenvalue weighted by molar-refractivity contribution is 0.334. The van der Waals surface area contributed by atoms with Crippen molar-refractivity contribution in [2.75, 3.05) is 6.61 Å². The summed E-state index contributed by atoms with van der Waals surface area (Å²) < 4.78 is 26.5. The van der Waals surface area contributed by atoms with E-state index in [9.17, 15) is 4.57 Å². The Morgan fingerprint density at radius 2 is 1.36 bits per heavy atom. The number of amidine groups is 2. The molecule has 1 aliphatic rings. The minimum atomic E-state index is -3.44. The number of hydrogen-bond donors (Lipinski definition) is 1. The van der Waals surface area contributed by atoms with Crippen molar-refractivity contribution in [1.29, 1.82) is 0 Å². The van der Waals surface area contributed by atoms with Gasteiger partial charge in [-0.15, -0.1) is 0 Å². The van der Waals surface area contributed by atoms with Gasteiger partial charge < -0.3 is 5.32 Å². The Bertz CT molecular complexity index is 698. The zero-order valence-electron chi connectivity index (χ0n) is 12.1. The molecule has 0 unspecified atom stereocenters. The van der Waals surface area contributed by atoms with Crippen molar-refractivity contribution in [3.63, 3.8) is 0 Å². The lowest BCUT2D eigenvalue weighted by atomic mass is 10.1. The van der Waals surface area contributed by atoms with Crippen LogP contribution in [0.25, 0.3) is 0 Å². The van der Waals surface area contributed by atoms with Gasteiger partial charge in [-0.1, -0.05) is 60.7 Å². The third kappa shape index (κ3) is 3.16. The SMILES string of the molecule is CCOP1(=O)N=C(c2ccccc2)NC(c2ccccc2)=N1. The van der Waals surface area contributed by atoms with E-state index >= 15 is 0 Å². The average Bonchev–Trinajstić information content (AvgIpc) is 2.56. The summed E-state index contributed by atoms with van der Waals surface area (Å²) in [6, 6.07) is 19.0. The highest BCUT2D eigenvalue weighted by atomic mass is 31.2. The third-order valence-electron chi connectivity index (χ3n) is 3.08. The van der Waals surface area contributed by atoms with Gasteiger partial charge in [0.05, 0.1) is 6.61 Å². The molecular formula is C16H16N3O2P. The largest absolute Gasteiger partial charge is 0.437 e. The first-order valence-electron chi connectivity index (χ1n) is 7.03. The monoisotopic (exact) mass is 313 g/mol. The van der Waals surface area contributed by atoms with Crippen molar-refractivity contribution in [2.45, 2.75) is 6.92 Å². The van der Waals surface area contributed by atoms with Crippen molar-refractivity contribution in [3.05, 3.63) is 71.8 Å². The van der Waals surface area contributed by atoms with Gasteiger partial charge in [0.25, 0.3) is 0 Å². The predicted molar refractivity (Wildman–Crippen MR) is 88.3 cm³/mol. The number of nitrogens with zero attached hydrogens (tertiary/aromatic N) is 2. The standard InChI is InChI=1S/C16H16N3O2P/c1-2-21-22(20)18-15(13-9-5-3-6-10-13)17-16(19-22)14-11-7-4-8-12-14/h3-12H,2H2,1H3,(H,17,18,19,20). The molecule has 1 heterocycles. The fraction of sp³-hybridized carbons (Fsp3) is 0.125. The van der Waals surface area contributed by atoms with E-state index < -0.39 is 7.67 Å². The first kappa shape index (κ1) is 14.7. The van der Waals surface area contributed by atoms with Gasteiger partial charge >= 0.3 is 7.67 Å². The van der Waals surface area contributed by atoms with E-state index in [-0.39, 0.29) is 6.61 Å². The van der Waals surface area contributed by atoms with Gasteiger partial charge in [0.15, 0.2) is 0 Å². The second-order valence-electron chi connectivity index (χ2n) is 4.66. The summed E-state index contributed by atoms with van der Waals surface area (Å²) >= 11 is 0. The number of hydrogen-bond acceptors (Lipinski definition) is 3. The van der Waals surface area contributed by atoms with Crippen molar-refractivity contribution < 1.29 is 9.09 Å². The van der Waals surface area contributed by atoms with E-state index in [4.69, 9.17) is 4.52 Å². The van der Waals surface area contributed by atoms with Crippen molar-refractivity contribution in [1.82, 2.24) is 5.32 Å². The van der Waals surface area contributed by atoms with Crippen LogP contribution in [-0.4, -0.2) is 18.3 Å². The maximum atomic E-state index is 12.8. The Hall–Kier alpha value is -2.23. The summed E-state index contributed by atoms with van der Waals surface area (Å²) in [6.45, 7) is 2.06. The minimum Gasteiger partial charge on any atom is -0.324 e. The third-order valence-corrected chi connectivity index (χ3v) is 4.58. The maximum Gasteiger partial charge on any atom is 0.437 e. The summed E-state index contributed by atoms with van der Waals surface area (Å²) in [6.07, 6.45) is 0. The predicted octanol–water partition coefficient (Wildman–Crippen LogP) is 3.63. The van der Waals surface area contributed by atoms with Gasteiger partial charge in [0.2, 0.25) is 0 Å². The van der Waals surface area contributed by atoms with Crippen LogP contribution >= 0.6 is 7.67 Å². The molecule has 0 bridgehead atoms. The molecule has 2 aromatic carbocycles. The zero-order valence-corrected chi connectivity index (χ0v) is 13.0. The first-order chi connectivity index (χ1) is 10.7. The van der Waals surface area contributed by atoms with Crippen LogP contribution in [0.1, 0.15) is 18.1 Å². The molecule has 22 heavy (non-hydrogen) atoms. The lowest BCUT2D eigenvalue weighted by Gasteiger charge is -2.21. The fourth-order valence-corrected chi connectivity index (χ4v) is 3.45. The van der Waals surface area contributed by atoms with Gasteiger partial charge in [-0.05, 0) is 6.92 Å². The first-order valence-corrected chi connectivity index (χ1v) is 8.56. The molecule has 0 aliphatic carbocycles. The number of benzene rings is 2. The van der Waals surface area contributed by atoms with Crippen LogP contribution in [0, 0.1) is 0 Å². The Labute approximate surface area is 129 Å². The zero-order chi connectivity index (χ0) is 15.4. The Kier molecular flexibility index (Phi) is 4.18. The summed E-state index contributed by atoms with van der Waals surface area (Å²) in [4.78, 5) is 0. The molecular weight excluding hydrogens is 297 g/mol. The van der Waals surface area contributed by atoms with Crippen molar-refractivity contribution in [2.24, 2.45) is 9.53 Å². The van der Waals surface area contributed by atoms with Crippen LogP contribution in [0.5, 0.6) is 0 Å². The van der Waals surface area contributed by atoms with Gasteiger partial charge in [0.1, 0.15) is 11.7 Å². The van der Waals surface area contributed by atoms with Crippen molar-refractivity contribution >= 4 is 19.3 Å². The average molecular weight is 313 g/mol. The summed E-state index contributed by atoms with van der Waals surface area (Å²) in [7, 11) is -3.44. The topological polar surface area (TPSA) is 63.0 Å². The lowest BCUT2D eigenvalue weighted by Crippen LogP contribution is -2.34. The van der Waals surface area contributed by atoms with E-state index in [2.05, 4.69) is 14.8 Å². The maximum absolute atomic E-state index is 12.8. The molecule has 0 spiro atoms. The molecule has 2 aromatic rings. The van der Waals surface area contributed by atoms with Crippen LogP contribution in [0.15, 0.2) is 70.2 Å². The molecule has 0 amide bonds. The van der Waals surface area contributed by atoms with Gasteiger partial charge in [-0.3, -0.25) is 4.52 Å². The van der Waals surface area contributed by atoms with E-state index in [1.54, 1.807) is 6.92 Å². The molecule has 3 rings (SSSR count). The number of nitrogens with one attached hydrogen (secondary N) is 1. The molecule has 5 nitrogen and oxygen atoms in total. The molecule has 0 atom stereocenters. The van der Waals surface area contributed by atoms with E-state index in [0.717, 1.165) is 11.1 Å². The van der Waals surface area contributed by atoms with E-state index in [1.165, 1.54) is 0 Å². The Morgan fingerprint density at radius 3 is 1.77 bits per heavy atom. The van der Waals surface area contributed by atoms with E-state index in [1.807, 2.05) is 60.7 Å². The number of rotatable bonds is 4. The highest BCUT2D eigenvalue weighted by Gasteiger charge is 2.29. The van der Waals surface area contributed by atoms with Crippen LogP contribution in [-0.2, 0) is 9.09 Å². The van der Waals surface area contributed by atoms with Crippen molar-refractivity contribution in [3.8, 4) is 0 Å². The summed E-state index contributed by atoms with van der Waals surface area (Å²) in [5, 5.41) is 3.15. The fourth-order valence-electron chi connectivity index (χ4n) is 2.12. The van der Waals surface area contributed by atoms with Gasteiger partial charge in [-0.2, -0.15) is 9.53 Å². The van der Waals surface area contributed by atoms with E-state index in [0.29, 0.717) is 11.7 Å². The molecule has 0 radical (unpaired) electrons. The van der Waals surface area contributed by atoms with Crippen LogP contribution < -0.4 is 5.32 Å². The Balaban J connectivity index is 2.04. The highest BCUT2D eigenvalue weighted by molar-refractivity contribution is 7.56. The van der Waals surface area contributed by atoms with Crippen LogP contribution in [0.2, 0.25) is 0 Å². The molecule has 6 heteroatoms. The smallest absolute Gasteiger partial charge is 0.324 e. The molecule has 112 valence electrons. The normalized spacial score (nSPS) is 16.4. The molecule has 0 fully saturated rings. The quantitative estimate of drug-likeness (QED) is 0.877. The molecule has 0 aromatic heterocycles. The van der Waals surface area contributed by atoms with Crippen LogP contribution in [0.3, 0.4) is 0 Å². The Morgan fingerprint density at radius 1 is 0.909 bits per heavy atom. The molecule has 0 saturated carbocycles. The molecule has 0 saturated heterocycles. The molecule has 1 aliphatic heterocycles.